The topological polar surface area (TPSA) is 54.3 Å². The average Bonchev–Trinajstić information content (AvgIpc) is 3.43. The van der Waals surface area contributed by atoms with Gasteiger partial charge in [-0.15, -0.1) is 10.2 Å². The number of amides is 1. The summed E-state index contributed by atoms with van der Waals surface area (Å²) >= 11 is 1.39. The van der Waals surface area contributed by atoms with Crippen molar-refractivity contribution in [2.24, 2.45) is 0 Å². The highest BCUT2D eigenvalue weighted by Crippen LogP contribution is 2.37. The molecule has 1 aliphatic heterocycles. The second kappa shape index (κ2) is 7.65. The Morgan fingerprint density at radius 1 is 1.18 bits per heavy atom. The van der Waals surface area contributed by atoms with Crippen LogP contribution in [0.25, 0.3) is 0 Å². The molecule has 1 saturated carbocycles. The standard InChI is InChI=1S/C18H20F3N5OS/c19-18(20,21)13-2-1-3-15(10-13)24-6-8-25(9-7-24)16(27)11-28-17-23-22-12-26(17)14-4-5-14/h1-3,10,12,14H,4-9,11H2. The van der Waals surface area contributed by atoms with Gasteiger partial charge in [-0.2, -0.15) is 13.2 Å². The molecule has 1 aliphatic carbocycles. The fraction of sp³-hybridized carbons (Fsp3) is 0.500. The molecular weight excluding hydrogens is 391 g/mol. The number of benzene rings is 1. The highest BCUT2D eigenvalue weighted by atomic mass is 32.2. The Morgan fingerprint density at radius 3 is 2.61 bits per heavy atom. The summed E-state index contributed by atoms with van der Waals surface area (Å²) in [6.07, 6.45) is -0.404. The predicted molar refractivity (Wildman–Crippen MR) is 99.3 cm³/mol. The molecule has 1 aromatic carbocycles. The first kappa shape index (κ1) is 19.1. The quantitative estimate of drug-likeness (QED) is 0.708. The summed E-state index contributed by atoms with van der Waals surface area (Å²) in [5.41, 5.74) is -0.117. The molecule has 10 heteroatoms. The zero-order valence-corrected chi connectivity index (χ0v) is 15.9. The fourth-order valence-corrected chi connectivity index (χ4v) is 4.13. The van der Waals surface area contributed by atoms with E-state index < -0.39 is 11.7 Å². The smallest absolute Gasteiger partial charge is 0.368 e. The Kier molecular flexibility index (Phi) is 5.22. The van der Waals surface area contributed by atoms with Crippen LogP contribution in [-0.2, 0) is 11.0 Å². The van der Waals surface area contributed by atoms with Crippen LogP contribution in [0.2, 0.25) is 0 Å². The van der Waals surface area contributed by atoms with Crippen LogP contribution >= 0.6 is 11.8 Å². The van der Waals surface area contributed by atoms with E-state index in [0.717, 1.165) is 30.1 Å². The van der Waals surface area contributed by atoms with E-state index >= 15 is 0 Å². The third-order valence-electron chi connectivity index (χ3n) is 4.98. The van der Waals surface area contributed by atoms with Crippen molar-refractivity contribution in [3.05, 3.63) is 36.2 Å². The number of anilines is 1. The highest BCUT2D eigenvalue weighted by molar-refractivity contribution is 7.99. The Morgan fingerprint density at radius 2 is 1.93 bits per heavy atom. The van der Waals surface area contributed by atoms with Crippen LogP contribution in [0.5, 0.6) is 0 Å². The number of piperazine rings is 1. The van der Waals surface area contributed by atoms with Crippen LogP contribution in [0, 0.1) is 0 Å². The first-order valence-corrected chi connectivity index (χ1v) is 10.1. The largest absolute Gasteiger partial charge is 0.416 e. The maximum Gasteiger partial charge on any atom is 0.416 e. The lowest BCUT2D eigenvalue weighted by Gasteiger charge is -2.36. The monoisotopic (exact) mass is 411 g/mol. The first-order chi connectivity index (χ1) is 13.4. The molecule has 0 radical (unpaired) electrons. The first-order valence-electron chi connectivity index (χ1n) is 9.14. The van der Waals surface area contributed by atoms with E-state index in [1.807, 2.05) is 9.47 Å². The Labute approximate surface area is 164 Å². The minimum absolute atomic E-state index is 0.0130. The third-order valence-corrected chi connectivity index (χ3v) is 5.92. The van der Waals surface area contributed by atoms with Gasteiger partial charge in [0.2, 0.25) is 5.91 Å². The zero-order valence-electron chi connectivity index (χ0n) is 15.1. The minimum Gasteiger partial charge on any atom is -0.368 e. The normalized spacial score (nSPS) is 17.8. The minimum atomic E-state index is -4.36. The molecule has 0 spiro atoms. The van der Waals surface area contributed by atoms with Gasteiger partial charge in [0.15, 0.2) is 5.16 Å². The van der Waals surface area contributed by atoms with E-state index in [4.69, 9.17) is 0 Å². The van der Waals surface area contributed by atoms with Gasteiger partial charge >= 0.3 is 6.18 Å². The Bertz CT molecular complexity index is 844. The van der Waals surface area contributed by atoms with Gasteiger partial charge in [0, 0.05) is 37.9 Å². The van der Waals surface area contributed by atoms with Gasteiger partial charge < -0.3 is 14.4 Å². The van der Waals surface area contributed by atoms with Gasteiger partial charge in [-0.1, -0.05) is 17.8 Å². The van der Waals surface area contributed by atoms with Crippen molar-refractivity contribution in [2.45, 2.75) is 30.2 Å². The van der Waals surface area contributed by atoms with Crippen molar-refractivity contribution in [1.82, 2.24) is 19.7 Å². The summed E-state index contributed by atoms with van der Waals surface area (Å²) < 4.78 is 40.7. The van der Waals surface area contributed by atoms with Crippen molar-refractivity contribution in [2.75, 3.05) is 36.8 Å². The summed E-state index contributed by atoms with van der Waals surface area (Å²) in [4.78, 5) is 16.1. The summed E-state index contributed by atoms with van der Waals surface area (Å²) in [6.45, 7) is 2.00. The molecule has 4 rings (SSSR count). The van der Waals surface area contributed by atoms with Gasteiger partial charge in [-0.05, 0) is 31.0 Å². The number of thioether (sulfide) groups is 1. The van der Waals surface area contributed by atoms with E-state index in [2.05, 4.69) is 10.2 Å². The number of carbonyl (C=O) groups excluding carboxylic acids is 1. The molecule has 1 saturated heterocycles. The van der Waals surface area contributed by atoms with Crippen molar-refractivity contribution < 1.29 is 18.0 Å². The molecule has 6 nitrogen and oxygen atoms in total. The van der Waals surface area contributed by atoms with Crippen LogP contribution in [0.3, 0.4) is 0 Å². The number of aromatic nitrogens is 3. The maximum atomic E-state index is 12.9. The molecule has 1 amide bonds. The highest BCUT2D eigenvalue weighted by Gasteiger charge is 2.31. The van der Waals surface area contributed by atoms with E-state index in [1.165, 1.54) is 17.8 Å². The number of carbonyl (C=O) groups is 1. The number of nitrogens with zero attached hydrogens (tertiary/aromatic N) is 5. The molecule has 0 bridgehead atoms. The fourth-order valence-electron chi connectivity index (χ4n) is 3.25. The van der Waals surface area contributed by atoms with E-state index in [-0.39, 0.29) is 11.7 Å². The Balaban J connectivity index is 1.30. The van der Waals surface area contributed by atoms with Gasteiger partial charge in [0.25, 0.3) is 0 Å². The van der Waals surface area contributed by atoms with Gasteiger partial charge in [0.05, 0.1) is 11.3 Å². The van der Waals surface area contributed by atoms with Crippen molar-refractivity contribution in [3.63, 3.8) is 0 Å². The van der Waals surface area contributed by atoms with E-state index in [0.29, 0.717) is 37.9 Å². The van der Waals surface area contributed by atoms with Crippen LogP contribution in [0.4, 0.5) is 18.9 Å². The zero-order chi connectivity index (χ0) is 19.7. The molecule has 2 aromatic rings. The van der Waals surface area contributed by atoms with Crippen molar-refractivity contribution in [3.8, 4) is 0 Å². The molecule has 2 heterocycles. The third kappa shape index (κ3) is 4.26. The van der Waals surface area contributed by atoms with E-state index in [9.17, 15) is 18.0 Å². The predicted octanol–water partition coefficient (Wildman–Crippen LogP) is 3.07. The van der Waals surface area contributed by atoms with Crippen molar-refractivity contribution >= 4 is 23.4 Å². The molecule has 150 valence electrons. The summed E-state index contributed by atoms with van der Waals surface area (Å²) in [6, 6.07) is 5.79. The van der Waals surface area contributed by atoms with Crippen LogP contribution < -0.4 is 4.90 Å². The van der Waals surface area contributed by atoms with Gasteiger partial charge in [-0.3, -0.25) is 4.79 Å². The molecule has 2 aliphatic rings. The number of hydrogen-bond donors (Lipinski definition) is 0. The molecule has 2 fully saturated rings. The van der Waals surface area contributed by atoms with E-state index in [1.54, 1.807) is 17.3 Å². The lowest BCUT2D eigenvalue weighted by molar-refractivity contribution is -0.137. The molecule has 28 heavy (non-hydrogen) atoms. The van der Waals surface area contributed by atoms with Gasteiger partial charge in [-0.25, -0.2) is 0 Å². The Hall–Kier alpha value is -2.23. The molecule has 0 atom stereocenters. The maximum absolute atomic E-state index is 12.9. The van der Waals surface area contributed by atoms with Gasteiger partial charge in [0.1, 0.15) is 6.33 Å². The molecular formula is C18H20F3N5OS. The molecule has 1 aromatic heterocycles. The summed E-state index contributed by atoms with van der Waals surface area (Å²) in [7, 11) is 0. The SMILES string of the molecule is O=C(CSc1nncn1C1CC1)N1CCN(c2cccc(C(F)(F)F)c2)CC1. The number of rotatable bonds is 5. The van der Waals surface area contributed by atoms with Crippen LogP contribution in [0.15, 0.2) is 35.7 Å². The number of alkyl halides is 3. The summed E-state index contributed by atoms with van der Waals surface area (Å²) in [5, 5.41) is 8.76. The summed E-state index contributed by atoms with van der Waals surface area (Å²) in [5.74, 6) is 0.300. The lowest BCUT2D eigenvalue weighted by Crippen LogP contribution is -2.49. The average molecular weight is 411 g/mol. The van der Waals surface area contributed by atoms with Crippen LogP contribution in [0.1, 0.15) is 24.4 Å². The molecule has 0 N–H and O–H groups in total. The second-order valence-electron chi connectivity index (χ2n) is 6.96. The number of halogens is 3. The number of hydrogen-bond acceptors (Lipinski definition) is 5. The second-order valence-corrected chi connectivity index (χ2v) is 7.90. The van der Waals surface area contributed by atoms with Crippen molar-refractivity contribution in [1.29, 1.82) is 0 Å². The molecule has 0 unspecified atom stereocenters. The lowest BCUT2D eigenvalue weighted by atomic mass is 10.1. The van der Waals surface area contributed by atoms with Crippen LogP contribution in [-0.4, -0.2) is 57.5 Å².